The first-order valence-electron chi connectivity index (χ1n) is 9.74. The summed E-state index contributed by atoms with van der Waals surface area (Å²) in [5.74, 6) is -0.0742. The van der Waals surface area contributed by atoms with E-state index in [1.165, 1.54) is 27.6 Å². The lowest BCUT2D eigenvalue weighted by atomic mass is 9.63. The summed E-state index contributed by atoms with van der Waals surface area (Å²) in [5.41, 5.74) is 5.57. The summed E-state index contributed by atoms with van der Waals surface area (Å²) >= 11 is 0. The van der Waals surface area contributed by atoms with E-state index in [9.17, 15) is 0 Å². The number of benzene rings is 2. The smallest absolute Gasteiger partial charge is 0.207 e. The molecule has 1 aliphatic heterocycles. The monoisotopic (exact) mass is 346 g/mol. The first-order chi connectivity index (χ1) is 12.4. The van der Waals surface area contributed by atoms with Crippen LogP contribution in [-0.2, 0) is 17.4 Å². The molecule has 0 unspecified atom stereocenters. The lowest BCUT2D eigenvalue weighted by Gasteiger charge is -2.41. The molecule has 0 saturated carbocycles. The van der Waals surface area contributed by atoms with Crippen molar-refractivity contribution in [1.29, 1.82) is 0 Å². The maximum atomic E-state index is 15.2. The van der Waals surface area contributed by atoms with Gasteiger partial charge in [-0.1, -0.05) is 52.0 Å². The molecule has 5 rings (SSSR count). The zero-order valence-corrected chi connectivity index (χ0v) is 16.0. The van der Waals surface area contributed by atoms with Crippen LogP contribution in [0.2, 0.25) is 0 Å². The van der Waals surface area contributed by atoms with E-state index in [0.29, 0.717) is 0 Å². The van der Waals surface area contributed by atoms with Gasteiger partial charge in [0.1, 0.15) is 5.82 Å². The number of nitrogens with zero attached hydrogens (tertiary/aromatic N) is 1. The fourth-order valence-corrected chi connectivity index (χ4v) is 5.56. The molecular formula is C24H25FN+. The predicted octanol–water partition coefficient (Wildman–Crippen LogP) is 5.64. The molecule has 0 atom stereocenters. The fraction of sp³-hybridized carbons (Fsp3) is 0.375. The van der Waals surface area contributed by atoms with Gasteiger partial charge in [-0.15, -0.1) is 0 Å². The second-order valence-electron chi connectivity index (χ2n) is 8.52. The fourth-order valence-electron chi connectivity index (χ4n) is 5.56. The van der Waals surface area contributed by atoms with Crippen molar-refractivity contribution in [2.45, 2.75) is 57.9 Å². The van der Waals surface area contributed by atoms with Gasteiger partial charge in [-0.2, -0.15) is 4.57 Å². The summed E-state index contributed by atoms with van der Waals surface area (Å²) in [7, 11) is 0. The van der Waals surface area contributed by atoms with Gasteiger partial charge in [0.25, 0.3) is 0 Å². The third kappa shape index (κ3) is 1.68. The van der Waals surface area contributed by atoms with Crippen LogP contribution in [0, 0.1) is 5.82 Å². The average Bonchev–Trinajstić information content (AvgIpc) is 2.65. The lowest BCUT2D eigenvalue weighted by Crippen LogP contribution is -2.52. The van der Waals surface area contributed by atoms with E-state index >= 15 is 4.39 Å². The van der Waals surface area contributed by atoms with Gasteiger partial charge in [0.15, 0.2) is 12.7 Å². The number of halogens is 1. The minimum Gasteiger partial charge on any atom is -0.207 e. The zero-order chi connectivity index (χ0) is 18.3. The molecule has 1 aliphatic carbocycles. The SMILES string of the molecule is CCC1(CC)C[n+]2ccc3cccc4c3c2-c2c1ccc(F)c2C4(C)C. The quantitative estimate of drug-likeness (QED) is 0.528. The number of pyridine rings is 1. The topological polar surface area (TPSA) is 3.88 Å². The summed E-state index contributed by atoms with van der Waals surface area (Å²) in [6.45, 7) is 9.86. The number of aromatic nitrogens is 1. The Balaban J connectivity index is 2.06. The molecule has 0 saturated heterocycles. The minimum absolute atomic E-state index is 0.0742. The highest BCUT2D eigenvalue weighted by Crippen LogP contribution is 2.53. The Labute approximate surface area is 154 Å². The molecule has 2 heterocycles. The molecule has 1 aromatic heterocycles. The molecule has 2 heteroatoms. The van der Waals surface area contributed by atoms with Gasteiger partial charge in [0.05, 0.1) is 16.4 Å². The predicted molar refractivity (Wildman–Crippen MR) is 104 cm³/mol. The summed E-state index contributed by atoms with van der Waals surface area (Å²) in [5, 5.41) is 2.56. The molecule has 1 nitrogen and oxygen atoms in total. The minimum atomic E-state index is -0.342. The third-order valence-electron chi connectivity index (χ3n) is 7.14. The molecule has 2 aromatic carbocycles. The maximum absolute atomic E-state index is 15.2. The molecule has 0 radical (unpaired) electrons. The Kier molecular flexibility index (Phi) is 3.04. The Hall–Kier alpha value is -2.22. The van der Waals surface area contributed by atoms with E-state index in [2.05, 4.69) is 68.8 Å². The molecule has 0 spiro atoms. The second-order valence-corrected chi connectivity index (χ2v) is 8.52. The van der Waals surface area contributed by atoms with Crippen molar-refractivity contribution in [2.24, 2.45) is 0 Å². The van der Waals surface area contributed by atoms with Crippen LogP contribution in [0.1, 0.15) is 57.2 Å². The molecule has 2 aliphatic rings. The van der Waals surface area contributed by atoms with Gasteiger partial charge < -0.3 is 0 Å². The van der Waals surface area contributed by atoms with Crippen LogP contribution in [0.4, 0.5) is 4.39 Å². The molecule has 132 valence electrons. The summed E-state index contributed by atoms with van der Waals surface area (Å²) in [6.07, 6.45) is 4.33. The van der Waals surface area contributed by atoms with Crippen molar-refractivity contribution in [3.63, 3.8) is 0 Å². The number of rotatable bonds is 2. The lowest BCUT2D eigenvalue weighted by molar-refractivity contribution is -0.696. The van der Waals surface area contributed by atoms with E-state index in [1.54, 1.807) is 6.07 Å². The largest absolute Gasteiger partial charge is 0.221 e. The van der Waals surface area contributed by atoms with Crippen LogP contribution < -0.4 is 4.57 Å². The maximum Gasteiger partial charge on any atom is 0.221 e. The van der Waals surface area contributed by atoms with Gasteiger partial charge in [-0.3, -0.25) is 0 Å². The first-order valence-corrected chi connectivity index (χ1v) is 9.74. The molecule has 3 aromatic rings. The normalized spacial score (nSPS) is 18.2. The van der Waals surface area contributed by atoms with E-state index in [0.717, 1.165) is 30.5 Å². The highest BCUT2D eigenvalue weighted by Gasteiger charge is 2.49. The van der Waals surface area contributed by atoms with Gasteiger partial charge in [0, 0.05) is 17.0 Å². The van der Waals surface area contributed by atoms with Crippen molar-refractivity contribution in [1.82, 2.24) is 0 Å². The van der Waals surface area contributed by atoms with Crippen molar-refractivity contribution in [3.8, 4) is 11.3 Å². The van der Waals surface area contributed by atoms with Crippen molar-refractivity contribution in [2.75, 3.05) is 0 Å². The van der Waals surface area contributed by atoms with E-state index in [4.69, 9.17) is 0 Å². The van der Waals surface area contributed by atoms with Crippen LogP contribution >= 0.6 is 0 Å². The van der Waals surface area contributed by atoms with E-state index < -0.39 is 0 Å². The van der Waals surface area contributed by atoms with E-state index in [-0.39, 0.29) is 16.6 Å². The van der Waals surface area contributed by atoms with E-state index in [1.807, 2.05) is 0 Å². The summed E-state index contributed by atoms with van der Waals surface area (Å²) in [6, 6.07) is 12.5. The van der Waals surface area contributed by atoms with Gasteiger partial charge in [-0.05, 0) is 35.4 Å². The van der Waals surface area contributed by atoms with Crippen LogP contribution in [0.5, 0.6) is 0 Å². The summed E-state index contributed by atoms with van der Waals surface area (Å²) in [4.78, 5) is 0. The average molecular weight is 346 g/mol. The first kappa shape index (κ1) is 16.0. The van der Waals surface area contributed by atoms with Gasteiger partial charge >= 0.3 is 0 Å². The molecule has 0 bridgehead atoms. The van der Waals surface area contributed by atoms with Crippen LogP contribution in [-0.4, -0.2) is 0 Å². The highest BCUT2D eigenvalue weighted by atomic mass is 19.1. The Bertz CT molecular complexity index is 1070. The van der Waals surface area contributed by atoms with Gasteiger partial charge in [0.2, 0.25) is 5.69 Å². The Morgan fingerprint density at radius 1 is 1.00 bits per heavy atom. The van der Waals surface area contributed by atoms with Crippen LogP contribution in [0.25, 0.3) is 22.0 Å². The van der Waals surface area contributed by atoms with Crippen molar-refractivity contribution < 1.29 is 8.96 Å². The molecule has 0 N–H and O–H groups in total. The third-order valence-corrected chi connectivity index (χ3v) is 7.14. The van der Waals surface area contributed by atoms with Crippen LogP contribution in [0.15, 0.2) is 42.6 Å². The molecule has 0 amide bonds. The second kappa shape index (κ2) is 4.94. The standard InChI is InChI=1S/C24H25FN/c1-5-24(6-2)14-26-13-12-15-8-7-9-16-19(15)22(26)20-17(24)10-11-18(25)21(20)23(16,3)4/h7-13H,5-6,14H2,1-4H3/q+1. The Morgan fingerprint density at radius 3 is 2.50 bits per heavy atom. The van der Waals surface area contributed by atoms with Crippen LogP contribution in [0.3, 0.4) is 0 Å². The molecule has 26 heavy (non-hydrogen) atoms. The summed E-state index contributed by atoms with van der Waals surface area (Å²) < 4.78 is 17.6. The number of hydrogen-bond acceptors (Lipinski definition) is 0. The zero-order valence-electron chi connectivity index (χ0n) is 16.0. The highest BCUT2D eigenvalue weighted by molar-refractivity contribution is 6.01. The van der Waals surface area contributed by atoms with Crippen molar-refractivity contribution in [3.05, 3.63) is 65.1 Å². The van der Waals surface area contributed by atoms with Gasteiger partial charge in [-0.25, -0.2) is 4.39 Å². The van der Waals surface area contributed by atoms with Crippen molar-refractivity contribution >= 4 is 10.8 Å². The molecular weight excluding hydrogens is 321 g/mol. The Morgan fingerprint density at radius 2 is 1.77 bits per heavy atom. The number of hydrogen-bond donors (Lipinski definition) is 0. The molecule has 0 fully saturated rings.